The van der Waals surface area contributed by atoms with Crippen molar-refractivity contribution >= 4 is 29.5 Å². The van der Waals surface area contributed by atoms with E-state index >= 15 is 0 Å². The average molecular weight is 494 g/mol. The van der Waals surface area contributed by atoms with E-state index in [1.807, 2.05) is 65.2 Å². The maximum Gasteiger partial charge on any atom is 0.317 e. The number of esters is 1. The van der Waals surface area contributed by atoms with Gasteiger partial charge in [0.15, 0.2) is 17.1 Å². The lowest BCUT2D eigenvalue weighted by Crippen LogP contribution is -2.52. The molecule has 1 fully saturated rings. The van der Waals surface area contributed by atoms with Crippen LogP contribution in [0.3, 0.4) is 0 Å². The van der Waals surface area contributed by atoms with Gasteiger partial charge in [-0.2, -0.15) is 0 Å². The van der Waals surface area contributed by atoms with Gasteiger partial charge in [-0.25, -0.2) is 0 Å². The van der Waals surface area contributed by atoms with Gasteiger partial charge in [0.2, 0.25) is 5.91 Å². The van der Waals surface area contributed by atoms with Crippen molar-refractivity contribution in [2.45, 2.75) is 25.1 Å². The first-order valence-corrected chi connectivity index (χ1v) is 12.4. The Morgan fingerprint density at radius 1 is 0.914 bits per heavy atom. The van der Waals surface area contributed by atoms with E-state index in [0.29, 0.717) is 37.2 Å². The van der Waals surface area contributed by atoms with Crippen molar-refractivity contribution in [3.8, 4) is 17.1 Å². The molecule has 2 aromatic carbocycles. The van der Waals surface area contributed by atoms with Crippen LogP contribution < -0.4 is 0 Å². The highest BCUT2D eigenvalue weighted by atomic mass is 32.2. The third-order valence-electron chi connectivity index (χ3n) is 5.69. The lowest BCUT2D eigenvalue weighted by atomic mass is 10.2. The fourth-order valence-corrected chi connectivity index (χ4v) is 4.59. The van der Waals surface area contributed by atoms with E-state index in [2.05, 4.69) is 10.2 Å². The van der Waals surface area contributed by atoms with E-state index in [1.165, 1.54) is 18.7 Å². The largest absolute Gasteiger partial charge is 0.452 e. The molecule has 3 aromatic rings. The van der Waals surface area contributed by atoms with E-state index in [9.17, 15) is 14.4 Å². The SMILES string of the molecule is CC(=O)N1CCN(C(=O)C(C)OC(=O)CSc2nnc(-c3ccccc3)n2-c2ccccc2)CC1. The molecule has 4 rings (SSSR count). The number of nitrogens with zero attached hydrogens (tertiary/aromatic N) is 5. The van der Waals surface area contributed by atoms with Crippen molar-refractivity contribution in [2.75, 3.05) is 31.9 Å². The van der Waals surface area contributed by atoms with Gasteiger partial charge in [-0.05, 0) is 19.1 Å². The van der Waals surface area contributed by atoms with Crippen molar-refractivity contribution in [1.29, 1.82) is 0 Å². The van der Waals surface area contributed by atoms with Gasteiger partial charge in [0.1, 0.15) is 0 Å². The Morgan fingerprint density at radius 2 is 1.51 bits per heavy atom. The molecule has 1 aliphatic rings. The van der Waals surface area contributed by atoms with E-state index in [-0.39, 0.29) is 17.6 Å². The van der Waals surface area contributed by atoms with Crippen LogP contribution in [0.4, 0.5) is 0 Å². The molecule has 10 heteroatoms. The highest BCUT2D eigenvalue weighted by Gasteiger charge is 2.28. The Kier molecular flexibility index (Phi) is 7.81. The zero-order valence-electron chi connectivity index (χ0n) is 19.7. The van der Waals surface area contributed by atoms with E-state index in [1.54, 1.807) is 16.7 Å². The highest BCUT2D eigenvalue weighted by molar-refractivity contribution is 7.99. The third kappa shape index (κ3) is 5.89. The van der Waals surface area contributed by atoms with Gasteiger partial charge in [-0.1, -0.05) is 60.3 Å². The van der Waals surface area contributed by atoms with Crippen molar-refractivity contribution in [3.63, 3.8) is 0 Å². The third-order valence-corrected chi connectivity index (χ3v) is 6.59. The van der Waals surface area contributed by atoms with Crippen LogP contribution in [0, 0.1) is 0 Å². The van der Waals surface area contributed by atoms with Gasteiger partial charge < -0.3 is 14.5 Å². The summed E-state index contributed by atoms with van der Waals surface area (Å²) in [5, 5.41) is 9.22. The van der Waals surface area contributed by atoms with Gasteiger partial charge in [0.05, 0.1) is 5.75 Å². The van der Waals surface area contributed by atoms with Crippen LogP contribution >= 0.6 is 11.8 Å². The van der Waals surface area contributed by atoms with Crippen molar-refractivity contribution < 1.29 is 19.1 Å². The standard InChI is InChI=1S/C25H27N5O4S/c1-18(24(33)29-15-13-28(14-16-29)19(2)31)34-22(32)17-35-25-27-26-23(20-9-5-3-6-10-20)30(25)21-11-7-4-8-12-21/h3-12,18H,13-17H2,1-2H3. The molecule has 1 unspecified atom stereocenters. The lowest BCUT2D eigenvalue weighted by Gasteiger charge is -2.35. The summed E-state index contributed by atoms with van der Waals surface area (Å²) in [5.41, 5.74) is 1.78. The maximum absolute atomic E-state index is 12.7. The predicted molar refractivity (Wildman–Crippen MR) is 132 cm³/mol. The Bertz CT molecular complexity index is 1180. The molecule has 1 aromatic heterocycles. The highest BCUT2D eigenvalue weighted by Crippen LogP contribution is 2.28. The van der Waals surface area contributed by atoms with Crippen LogP contribution in [0.25, 0.3) is 17.1 Å². The number of benzene rings is 2. The van der Waals surface area contributed by atoms with Crippen LogP contribution in [0.15, 0.2) is 65.8 Å². The summed E-state index contributed by atoms with van der Waals surface area (Å²) in [6, 6.07) is 19.4. The lowest BCUT2D eigenvalue weighted by molar-refractivity contribution is -0.158. The molecular formula is C25H27N5O4S. The molecule has 0 radical (unpaired) electrons. The fraction of sp³-hybridized carbons (Fsp3) is 0.320. The Morgan fingerprint density at radius 3 is 2.14 bits per heavy atom. The number of carbonyl (C=O) groups excluding carboxylic acids is 3. The number of para-hydroxylation sites is 1. The average Bonchev–Trinajstić information content (AvgIpc) is 3.32. The molecule has 0 aliphatic carbocycles. The summed E-state index contributed by atoms with van der Waals surface area (Å²) >= 11 is 1.20. The maximum atomic E-state index is 12.7. The zero-order valence-corrected chi connectivity index (χ0v) is 20.5. The van der Waals surface area contributed by atoms with Crippen molar-refractivity contribution in [1.82, 2.24) is 24.6 Å². The molecule has 2 amide bonds. The van der Waals surface area contributed by atoms with Gasteiger partial charge in [-0.3, -0.25) is 19.0 Å². The first-order valence-electron chi connectivity index (χ1n) is 11.4. The Labute approximate surface area is 208 Å². The molecular weight excluding hydrogens is 466 g/mol. The van der Waals surface area contributed by atoms with Gasteiger partial charge in [0, 0.05) is 44.4 Å². The minimum atomic E-state index is -0.904. The molecule has 0 N–H and O–H groups in total. The van der Waals surface area contributed by atoms with E-state index in [0.717, 1.165) is 11.3 Å². The number of carbonyl (C=O) groups is 3. The number of rotatable bonds is 7. The summed E-state index contributed by atoms with van der Waals surface area (Å²) in [6.45, 7) is 4.91. The van der Waals surface area contributed by atoms with Gasteiger partial charge in [0.25, 0.3) is 5.91 Å². The summed E-state index contributed by atoms with van der Waals surface area (Å²) in [6.07, 6.45) is -0.904. The second kappa shape index (κ2) is 11.2. The minimum absolute atomic E-state index is 0.00706. The van der Waals surface area contributed by atoms with Gasteiger partial charge in [-0.15, -0.1) is 10.2 Å². The topological polar surface area (TPSA) is 97.6 Å². The van der Waals surface area contributed by atoms with Crippen molar-refractivity contribution in [3.05, 3.63) is 60.7 Å². The van der Waals surface area contributed by atoms with Crippen LogP contribution in [0.1, 0.15) is 13.8 Å². The molecule has 9 nitrogen and oxygen atoms in total. The first-order chi connectivity index (χ1) is 16.9. The number of piperazine rings is 1. The summed E-state index contributed by atoms with van der Waals surface area (Å²) < 4.78 is 7.31. The minimum Gasteiger partial charge on any atom is -0.452 e. The number of hydrogen-bond acceptors (Lipinski definition) is 7. The van der Waals surface area contributed by atoms with Crippen molar-refractivity contribution in [2.24, 2.45) is 0 Å². The molecule has 1 atom stereocenters. The second-order valence-corrected chi connectivity index (χ2v) is 9.04. The quantitative estimate of drug-likeness (QED) is 0.369. The summed E-state index contributed by atoms with van der Waals surface area (Å²) in [5.74, 6) is -0.129. The fourth-order valence-electron chi connectivity index (χ4n) is 3.85. The first kappa shape index (κ1) is 24.5. The number of ether oxygens (including phenoxy) is 1. The summed E-state index contributed by atoms with van der Waals surface area (Å²) in [7, 11) is 0. The Hall–Kier alpha value is -3.66. The second-order valence-electron chi connectivity index (χ2n) is 8.10. The van der Waals surface area contributed by atoms with E-state index in [4.69, 9.17) is 4.74 Å². The molecule has 0 saturated carbocycles. The van der Waals surface area contributed by atoms with Crippen LogP contribution in [-0.2, 0) is 19.1 Å². The predicted octanol–water partition coefficient (Wildman–Crippen LogP) is 2.65. The van der Waals surface area contributed by atoms with Crippen LogP contribution in [0.5, 0.6) is 0 Å². The Balaban J connectivity index is 1.40. The molecule has 0 bridgehead atoms. The molecule has 1 aliphatic heterocycles. The van der Waals surface area contributed by atoms with E-state index < -0.39 is 12.1 Å². The normalized spacial score (nSPS) is 14.5. The van der Waals surface area contributed by atoms with Crippen LogP contribution in [-0.4, -0.2) is 80.4 Å². The number of amides is 2. The van der Waals surface area contributed by atoms with Crippen LogP contribution in [0.2, 0.25) is 0 Å². The summed E-state index contributed by atoms with van der Waals surface area (Å²) in [4.78, 5) is 40.1. The number of thioether (sulfide) groups is 1. The molecule has 0 spiro atoms. The zero-order chi connectivity index (χ0) is 24.8. The molecule has 2 heterocycles. The van der Waals surface area contributed by atoms with Gasteiger partial charge >= 0.3 is 5.97 Å². The monoisotopic (exact) mass is 493 g/mol. The molecule has 182 valence electrons. The number of aromatic nitrogens is 3. The molecule has 35 heavy (non-hydrogen) atoms. The number of hydrogen-bond donors (Lipinski definition) is 0. The smallest absolute Gasteiger partial charge is 0.317 e. The molecule has 1 saturated heterocycles.